The number of rotatable bonds is 5. The average molecular weight is 330 g/mol. The van der Waals surface area contributed by atoms with Crippen LogP contribution in [0, 0.1) is 5.82 Å². The fourth-order valence-electron chi connectivity index (χ4n) is 1.36. The Labute approximate surface area is 127 Å². The Kier molecular flexibility index (Phi) is 5.21. The maximum absolute atomic E-state index is 13.9. The van der Waals surface area contributed by atoms with Crippen LogP contribution in [0.3, 0.4) is 0 Å². The van der Waals surface area contributed by atoms with Gasteiger partial charge in [0.2, 0.25) is 0 Å². The van der Waals surface area contributed by atoms with Crippen molar-refractivity contribution in [1.82, 2.24) is 10.2 Å². The second-order valence-corrected chi connectivity index (χ2v) is 6.87. The molecular weight excluding hydrogens is 319 g/mol. The lowest BCUT2D eigenvalue weighted by Crippen LogP contribution is -2.13. The molecule has 9 heteroatoms. The molecule has 0 aliphatic rings. The molecule has 1 aromatic heterocycles. The molecule has 0 radical (unpaired) electrons. The van der Waals surface area contributed by atoms with Crippen LogP contribution in [-0.4, -0.2) is 27.5 Å². The van der Waals surface area contributed by atoms with Crippen LogP contribution >= 0.6 is 34.9 Å². The second kappa shape index (κ2) is 6.91. The summed E-state index contributed by atoms with van der Waals surface area (Å²) in [6.07, 6.45) is 1.93. The van der Waals surface area contributed by atoms with E-state index in [1.165, 1.54) is 40.9 Å². The van der Waals surface area contributed by atoms with Crippen molar-refractivity contribution in [3.8, 4) is 0 Å². The highest BCUT2D eigenvalue weighted by Crippen LogP contribution is 2.30. The number of benzene rings is 1. The average Bonchev–Trinajstić information content (AvgIpc) is 2.93. The van der Waals surface area contributed by atoms with Gasteiger partial charge in [0.15, 0.2) is 14.5 Å². The highest BCUT2D eigenvalue weighted by Gasteiger charge is 2.09. The van der Waals surface area contributed by atoms with E-state index in [-0.39, 0.29) is 5.84 Å². The van der Waals surface area contributed by atoms with Gasteiger partial charge >= 0.3 is 0 Å². The SMILES string of the molecule is CSc1nnc(SCc2ccc(/C(N)=N/O)cc2F)s1. The van der Waals surface area contributed by atoms with Gasteiger partial charge < -0.3 is 10.9 Å². The number of thioether (sulfide) groups is 2. The Balaban J connectivity index is 2.06. The predicted octanol–water partition coefficient (Wildman–Crippen LogP) is 2.79. The summed E-state index contributed by atoms with van der Waals surface area (Å²) >= 11 is 4.43. The third-order valence-electron chi connectivity index (χ3n) is 2.37. The minimum absolute atomic E-state index is 0.114. The van der Waals surface area contributed by atoms with Crippen LogP contribution in [0.5, 0.6) is 0 Å². The van der Waals surface area contributed by atoms with Crippen LogP contribution in [0.15, 0.2) is 32.0 Å². The number of nitrogens with two attached hydrogens (primary N) is 1. The summed E-state index contributed by atoms with van der Waals surface area (Å²) in [5.41, 5.74) is 6.28. The van der Waals surface area contributed by atoms with Crippen molar-refractivity contribution >= 4 is 40.7 Å². The van der Waals surface area contributed by atoms with E-state index in [2.05, 4.69) is 15.4 Å². The normalized spacial score (nSPS) is 11.8. The van der Waals surface area contributed by atoms with Crippen molar-refractivity contribution in [1.29, 1.82) is 0 Å². The van der Waals surface area contributed by atoms with Crippen LogP contribution in [-0.2, 0) is 5.75 Å². The van der Waals surface area contributed by atoms with E-state index in [0.717, 1.165) is 8.68 Å². The van der Waals surface area contributed by atoms with Gasteiger partial charge in [-0.25, -0.2) is 4.39 Å². The van der Waals surface area contributed by atoms with Gasteiger partial charge in [-0.05, 0) is 17.9 Å². The molecule has 0 unspecified atom stereocenters. The Morgan fingerprint density at radius 3 is 2.80 bits per heavy atom. The molecule has 1 aromatic carbocycles. The lowest BCUT2D eigenvalue weighted by molar-refractivity contribution is 0.318. The van der Waals surface area contributed by atoms with E-state index in [1.54, 1.807) is 12.1 Å². The first-order valence-corrected chi connectivity index (χ1v) is 8.43. The lowest BCUT2D eigenvalue weighted by atomic mass is 10.1. The largest absolute Gasteiger partial charge is 0.409 e. The summed E-state index contributed by atoms with van der Waals surface area (Å²) in [6.45, 7) is 0. The molecule has 2 rings (SSSR count). The van der Waals surface area contributed by atoms with Crippen molar-refractivity contribution in [2.75, 3.05) is 6.26 Å². The first-order valence-electron chi connectivity index (χ1n) is 5.40. The molecular formula is C11H11FN4OS3. The van der Waals surface area contributed by atoms with Gasteiger partial charge in [0.1, 0.15) is 5.82 Å². The topological polar surface area (TPSA) is 84.4 Å². The summed E-state index contributed by atoms with van der Waals surface area (Å²) in [7, 11) is 0. The fraction of sp³-hybridized carbons (Fsp3) is 0.182. The maximum Gasteiger partial charge on any atom is 0.175 e. The van der Waals surface area contributed by atoms with Crippen LogP contribution in [0.1, 0.15) is 11.1 Å². The number of nitrogens with zero attached hydrogens (tertiary/aromatic N) is 3. The van der Waals surface area contributed by atoms with Crippen LogP contribution in [0.25, 0.3) is 0 Å². The van der Waals surface area contributed by atoms with Crippen molar-refractivity contribution < 1.29 is 9.60 Å². The minimum atomic E-state index is -0.392. The Morgan fingerprint density at radius 2 is 2.20 bits per heavy atom. The third kappa shape index (κ3) is 3.62. The zero-order valence-corrected chi connectivity index (χ0v) is 12.9. The summed E-state index contributed by atoms with van der Waals surface area (Å²) in [5.74, 6) is -0.0567. The fourth-order valence-corrected chi connectivity index (χ4v) is 3.78. The summed E-state index contributed by atoms with van der Waals surface area (Å²) in [6, 6.07) is 4.48. The number of amidine groups is 1. The standard InChI is InChI=1S/C11H11FN4OS3/c1-18-10-14-15-11(20-10)19-5-7-3-2-6(4-8(7)12)9(13)16-17/h2-4,17H,5H2,1H3,(H2,13,16). The molecule has 20 heavy (non-hydrogen) atoms. The van der Waals surface area contributed by atoms with Crippen molar-refractivity contribution in [2.24, 2.45) is 10.9 Å². The second-order valence-electron chi connectivity index (χ2n) is 3.62. The van der Waals surface area contributed by atoms with E-state index in [4.69, 9.17) is 10.9 Å². The molecule has 0 amide bonds. The zero-order chi connectivity index (χ0) is 14.5. The molecule has 0 aliphatic heterocycles. The highest BCUT2D eigenvalue weighted by atomic mass is 32.2. The molecule has 2 aromatic rings. The van der Waals surface area contributed by atoms with E-state index >= 15 is 0 Å². The third-order valence-corrected chi connectivity index (χ3v) is 5.45. The molecule has 0 saturated heterocycles. The van der Waals surface area contributed by atoms with Crippen LogP contribution < -0.4 is 5.73 Å². The van der Waals surface area contributed by atoms with Crippen LogP contribution in [0.4, 0.5) is 4.39 Å². The van der Waals surface area contributed by atoms with Gasteiger partial charge in [0, 0.05) is 11.3 Å². The van der Waals surface area contributed by atoms with Crippen LogP contribution in [0.2, 0.25) is 0 Å². The van der Waals surface area contributed by atoms with Gasteiger partial charge in [-0.2, -0.15) is 0 Å². The molecule has 0 saturated carbocycles. The van der Waals surface area contributed by atoms with Gasteiger partial charge in [-0.3, -0.25) is 0 Å². The minimum Gasteiger partial charge on any atom is -0.409 e. The lowest BCUT2D eigenvalue weighted by Gasteiger charge is -2.04. The number of aromatic nitrogens is 2. The van der Waals surface area contributed by atoms with Gasteiger partial charge in [-0.15, -0.1) is 10.2 Å². The summed E-state index contributed by atoms with van der Waals surface area (Å²) in [4.78, 5) is 0. The van der Waals surface area contributed by atoms with Crippen molar-refractivity contribution in [3.05, 3.63) is 35.1 Å². The summed E-state index contributed by atoms with van der Waals surface area (Å²) in [5, 5.41) is 19.4. The molecule has 0 aliphatic carbocycles. The molecule has 3 N–H and O–H groups in total. The van der Waals surface area contributed by atoms with E-state index < -0.39 is 5.82 Å². The molecule has 5 nitrogen and oxygen atoms in total. The number of halogens is 1. The Morgan fingerprint density at radius 1 is 1.45 bits per heavy atom. The van der Waals surface area contributed by atoms with E-state index in [9.17, 15) is 4.39 Å². The quantitative estimate of drug-likeness (QED) is 0.288. The molecule has 1 heterocycles. The molecule has 0 atom stereocenters. The van der Waals surface area contributed by atoms with Gasteiger partial charge in [0.05, 0.1) is 0 Å². The first kappa shape index (κ1) is 15.1. The van der Waals surface area contributed by atoms with E-state index in [0.29, 0.717) is 16.9 Å². The smallest absolute Gasteiger partial charge is 0.175 e. The van der Waals surface area contributed by atoms with E-state index in [1.807, 2.05) is 6.26 Å². The van der Waals surface area contributed by atoms with Crippen molar-refractivity contribution in [3.63, 3.8) is 0 Å². The first-order chi connectivity index (χ1) is 9.63. The highest BCUT2D eigenvalue weighted by molar-refractivity contribution is 8.02. The Hall–Kier alpha value is -1.32. The number of hydrogen-bond donors (Lipinski definition) is 2. The number of oxime groups is 1. The summed E-state index contributed by atoms with van der Waals surface area (Å²) < 4.78 is 15.6. The molecule has 0 spiro atoms. The molecule has 106 valence electrons. The molecule has 0 bridgehead atoms. The van der Waals surface area contributed by atoms with Crippen molar-refractivity contribution in [2.45, 2.75) is 14.4 Å². The van der Waals surface area contributed by atoms with Gasteiger partial charge in [0.25, 0.3) is 0 Å². The monoisotopic (exact) mass is 330 g/mol. The molecule has 0 fully saturated rings. The number of hydrogen-bond acceptors (Lipinski definition) is 7. The zero-order valence-electron chi connectivity index (χ0n) is 10.4. The van der Waals surface area contributed by atoms with Gasteiger partial charge in [-0.1, -0.05) is 52.1 Å². The Bertz CT molecular complexity index is 632. The predicted molar refractivity (Wildman–Crippen MR) is 80.2 cm³/mol. The maximum atomic E-state index is 13.9.